The Balaban J connectivity index is 2.24. The van der Waals surface area contributed by atoms with E-state index in [1.165, 1.54) is 5.56 Å². The van der Waals surface area contributed by atoms with Crippen molar-refractivity contribution in [1.29, 1.82) is 0 Å². The zero-order valence-corrected chi connectivity index (χ0v) is 13.4. The number of fused-ring (bicyclic) bond motifs is 1. The molecular weight excluding hydrogens is 258 g/mol. The van der Waals surface area contributed by atoms with Gasteiger partial charge in [-0.3, -0.25) is 0 Å². The standard InChI is InChI=1S/C15H24ClN3/c1-14(2,3)9-15(4,5)19-12-10-7-6-8-11(10)17-13(16)18-12/h6-9H2,1-5H3,(H,17,18,19). The summed E-state index contributed by atoms with van der Waals surface area (Å²) in [5.74, 6) is 0.932. The summed E-state index contributed by atoms with van der Waals surface area (Å²) < 4.78 is 0. The molecule has 3 nitrogen and oxygen atoms in total. The third kappa shape index (κ3) is 3.82. The van der Waals surface area contributed by atoms with Crippen molar-refractivity contribution in [3.63, 3.8) is 0 Å². The Morgan fingerprint density at radius 2 is 1.79 bits per heavy atom. The van der Waals surface area contributed by atoms with Gasteiger partial charge in [0.15, 0.2) is 0 Å². The average Bonchev–Trinajstić information content (AvgIpc) is 2.59. The molecule has 0 atom stereocenters. The Morgan fingerprint density at radius 1 is 1.11 bits per heavy atom. The minimum absolute atomic E-state index is 0.00765. The molecule has 0 saturated carbocycles. The van der Waals surface area contributed by atoms with Gasteiger partial charge in [0.1, 0.15) is 5.82 Å². The second-order valence-electron chi connectivity index (χ2n) is 7.37. The number of anilines is 1. The fourth-order valence-electron chi connectivity index (χ4n) is 3.20. The summed E-state index contributed by atoms with van der Waals surface area (Å²) >= 11 is 6.03. The predicted octanol–water partition coefficient (Wildman–Crippen LogP) is 4.25. The molecule has 0 aliphatic heterocycles. The molecule has 1 aromatic rings. The highest BCUT2D eigenvalue weighted by Gasteiger charge is 2.28. The van der Waals surface area contributed by atoms with Crippen molar-refractivity contribution in [1.82, 2.24) is 9.97 Å². The first-order valence-corrected chi connectivity index (χ1v) is 7.38. The van der Waals surface area contributed by atoms with E-state index in [4.69, 9.17) is 11.6 Å². The second kappa shape index (κ2) is 4.93. The molecule has 2 rings (SSSR count). The lowest BCUT2D eigenvalue weighted by atomic mass is 9.82. The maximum Gasteiger partial charge on any atom is 0.224 e. The molecule has 1 aromatic heterocycles. The number of hydrogen-bond acceptors (Lipinski definition) is 3. The molecular formula is C15H24ClN3. The largest absolute Gasteiger partial charge is 0.365 e. The third-order valence-corrected chi connectivity index (χ3v) is 3.50. The number of nitrogens with one attached hydrogen (secondary N) is 1. The molecule has 106 valence electrons. The molecule has 4 heteroatoms. The van der Waals surface area contributed by atoms with Crippen molar-refractivity contribution in [2.45, 2.75) is 65.8 Å². The van der Waals surface area contributed by atoms with Crippen LogP contribution in [0.25, 0.3) is 0 Å². The van der Waals surface area contributed by atoms with E-state index in [9.17, 15) is 0 Å². The summed E-state index contributed by atoms with van der Waals surface area (Å²) in [4.78, 5) is 8.74. The molecule has 1 aliphatic rings. The van der Waals surface area contributed by atoms with Crippen LogP contribution in [0.1, 0.15) is 58.7 Å². The van der Waals surface area contributed by atoms with Crippen LogP contribution in [0.5, 0.6) is 0 Å². The predicted molar refractivity (Wildman–Crippen MR) is 80.8 cm³/mol. The first-order chi connectivity index (χ1) is 8.66. The van der Waals surface area contributed by atoms with Crippen molar-refractivity contribution in [3.8, 4) is 0 Å². The van der Waals surface area contributed by atoms with Gasteiger partial charge in [0.25, 0.3) is 0 Å². The second-order valence-corrected chi connectivity index (χ2v) is 7.70. The normalized spacial score (nSPS) is 15.5. The van der Waals surface area contributed by atoms with Crippen molar-refractivity contribution in [2.75, 3.05) is 5.32 Å². The first kappa shape index (κ1) is 14.6. The maximum absolute atomic E-state index is 6.03. The number of nitrogens with zero attached hydrogens (tertiary/aromatic N) is 2. The van der Waals surface area contributed by atoms with E-state index < -0.39 is 0 Å². The third-order valence-electron chi connectivity index (χ3n) is 3.33. The van der Waals surface area contributed by atoms with Crippen LogP contribution >= 0.6 is 11.6 Å². The van der Waals surface area contributed by atoms with Crippen LogP contribution in [0, 0.1) is 5.41 Å². The summed E-state index contributed by atoms with van der Waals surface area (Å²) in [7, 11) is 0. The SMILES string of the molecule is CC(C)(C)CC(C)(C)Nc1nc(Cl)nc2c1CCC2. The topological polar surface area (TPSA) is 37.8 Å². The Kier molecular flexibility index (Phi) is 3.78. The van der Waals surface area contributed by atoms with Gasteiger partial charge in [-0.05, 0) is 56.5 Å². The number of hydrogen-bond donors (Lipinski definition) is 1. The Morgan fingerprint density at radius 3 is 2.42 bits per heavy atom. The van der Waals surface area contributed by atoms with Crippen LogP contribution < -0.4 is 5.32 Å². The zero-order valence-electron chi connectivity index (χ0n) is 12.6. The highest BCUT2D eigenvalue weighted by molar-refractivity contribution is 6.28. The molecule has 1 N–H and O–H groups in total. The summed E-state index contributed by atoms with van der Waals surface area (Å²) in [5, 5.41) is 3.94. The Hall–Kier alpha value is -0.830. The molecule has 19 heavy (non-hydrogen) atoms. The quantitative estimate of drug-likeness (QED) is 0.842. The molecule has 1 heterocycles. The van der Waals surface area contributed by atoms with Crippen molar-refractivity contribution in [2.24, 2.45) is 5.41 Å². The van der Waals surface area contributed by atoms with E-state index in [0.717, 1.165) is 37.2 Å². The van der Waals surface area contributed by atoms with Gasteiger partial charge in [-0.1, -0.05) is 20.8 Å². The van der Waals surface area contributed by atoms with Crippen LogP contribution in [0.15, 0.2) is 0 Å². The fraction of sp³-hybridized carbons (Fsp3) is 0.733. The molecule has 0 bridgehead atoms. The maximum atomic E-state index is 6.03. The van der Waals surface area contributed by atoms with E-state index in [0.29, 0.717) is 5.28 Å². The van der Waals surface area contributed by atoms with E-state index in [-0.39, 0.29) is 11.0 Å². The van der Waals surface area contributed by atoms with Gasteiger partial charge in [-0.15, -0.1) is 0 Å². The van der Waals surface area contributed by atoms with E-state index in [1.807, 2.05) is 0 Å². The minimum atomic E-state index is -0.00765. The van der Waals surface area contributed by atoms with Crippen molar-refractivity contribution < 1.29 is 0 Å². The van der Waals surface area contributed by atoms with Gasteiger partial charge < -0.3 is 5.32 Å². The minimum Gasteiger partial charge on any atom is -0.365 e. The zero-order chi connectivity index (χ0) is 14.3. The number of aryl methyl sites for hydroxylation is 1. The fourth-order valence-corrected chi connectivity index (χ4v) is 3.38. The highest BCUT2D eigenvalue weighted by Crippen LogP contribution is 2.33. The van der Waals surface area contributed by atoms with Crippen LogP contribution in [-0.2, 0) is 12.8 Å². The average molecular weight is 282 g/mol. The monoisotopic (exact) mass is 281 g/mol. The molecule has 0 aromatic carbocycles. The lowest BCUT2D eigenvalue weighted by molar-refractivity contribution is 0.302. The summed E-state index contributed by atoms with van der Waals surface area (Å²) in [6.07, 6.45) is 4.29. The van der Waals surface area contributed by atoms with E-state index in [2.05, 4.69) is 49.9 Å². The van der Waals surface area contributed by atoms with Gasteiger partial charge in [0.05, 0.1) is 5.69 Å². The van der Waals surface area contributed by atoms with Crippen LogP contribution in [-0.4, -0.2) is 15.5 Å². The van der Waals surface area contributed by atoms with Crippen LogP contribution in [0.2, 0.25) is 5.28 Å². The molecule has 1 aliphatic carbocycles. The number of rotatable bonds is 3. The van der Waals surface area contributed by atoms with Gasteiger partial charge >= 0.3 is 0 Å². The molecule has 0 saturated heterocycles. The summed E-state index contributed by atoms with van der Waals surface area (Å²) in [6, 6.07) is 0. The molecule has 0 fully saturated rings. The van der Waals surface area contributed by atoms with Crippen LogP contribution in [0.3, 0.4) is 0 Å². The molecule has 0 unspecified atom stereocenters. The van der Waals surface area contributed by atoms with Gasteiger partial charge in [-0.2, -0.15) is 0 Å². The lowest BCUT2D eigenvalue weighted by Crippen LogP contribution is -2.36. The van der Waals surface area contributed by atoms with E-state index in [1.54, 1.807) is 0 Å². The Labute approximate surface area is 121 Å². The number of halogens is 1. The van der Waals surface area contributed by atoms with E-state index >= 15 is 0 Å². The summed E-state index contributed by atoms with van der Waals surface area (Å²) in [6.45, 7) is 11.2. The van der Waals surface area contributed by atoms with Gasteiger partial charge in [0.2, 0.25) is 5.28 Å². The highest BCUT2D eigenvalue weighted by atomic mass is 35.5. The molecule has 0 radical (unpaired) electrons. The van der Waals surface area contributed by atoms with Crippen molar-refractivity contribution in [3.05, 3.63) is 16.5 Å². The van der Waals surface area contributed by atoms with Crippen molar-refractivity contribution >= 4 is 17.4 Å². The number of aromatic nitrogens is 2. The van der Waals surface area contributed by atoms with Gasteiger partial charge in [-0.25, -0.2) is 9.97 Å². The summed E-state index contributed by atoms with van der Waals surface area (Å²) in [5.41, 5.74) is 2.64. The lowest BCUT2D eigenvalue weighted by Gasteiger charge is -2.34. The van der Waals surface area contributed by atoms with Crippen LogP contribution in [0.4, 0.5) is 5.82 Å². The Bertz CT molecular complexity index is 475. The molecule has 0 spiro atoms. The molecule has 0 amide bonds. The smallest absolute Gasteiger partial charge is 0.224 e. The first-order valence-electron chi connectivity index (χ1n) is 7.00. The van der Waals surface area contributed by atoms with Gasteiger partial charge in [0, 0.05) is 11.1 Å².